The Morgan fingerprint density at radius 2 is 1.75 bits per heavy atom. The van der Waals surface area contributed by atoms with Gasteiger partial charge in [0.2, 0.25) is 0 Å². The van der Waals surface area contributed by atoms with Gasteiger partial charge in [-0.05, 0) is 50.1 Å². The van der Waals surface area contributed by atoms with Gasteiger partial charge >= 0.3 is 0 Å². The van der Waals surface area contributed by atoms with E-state index < -0.39 is 0 Å². The zero-order valence-corrected chi connectivity index (χ0v) is 19.4. The van der Waals surface area contributed by atoms with Crippen molar-refractivity contribution in [2.24, 2.45) is 0 Å². The first-order chi connectivity index (χ1) is 15.5. The van der Waals surface area contributed by atoms with Crippen LogP contribution in [0.5, 0.6) is 0 Å². The molecular weight excluding hydrogens is 402 g/mol. The SMILES string of the molecule is Cc1c(C)n(CCCN2CCOCC2)c2ncn3nc(-c4ccc(N(C)C)cc4)nc3c12. The number of morpholine rings is 1. The topological polar surface area (TPSA) is 63.7 Å². The highest BCUT2D eigenvalue weighted by atomic mass is 16.5. The van der Waals surface area contributed by atoms with Gasteiger partial charge in [0.05, 0.1) is 18.6 Å². The van der Waals surface area contributed by atoms with Crippen LogP contribution in [-0.4, -0.2) is 76.0 Å². The molecule has 168 valence electrons. The Kier molecular flexibility index (Phi) is 5.57. The third kappa shape index (κ3) is 3.73. The van der Waals surface area contributed by atoms with E-state index in [2.05, 4.69) is 52.5 Å². The van der Waals surface area contributed by atoms with Crippen LogP contribution >= 0.6 is 0 Å². The third-order valence-corrected chi connectivity index (χ3v) is 6.55. The van der Waals surface area contributed by atoms with Crippen LogP contribution in [0.1, 0.15) is 17.7 Å². The van der Waals surface area contributed by atoms with Crippen LogP contribution < -0.4 is 4.90 Å². The molecule has 32 heavy (non-hydrogen) atoms. The second-order valence-electron chi connectivity index (χ2n) is 8.76. The molecule has 1 fully saturated rings. The molecule has 0 N–H and O–H groups in total. The fraction of sp³-hybridized carbons (Fsp3) is 0.458. The van der Waals surface area contributed by atoms with Crippen LogP contribution in [0, 0.1) is 13.8 Å². The summed E-state index contributed by atoms with van der Waals surface area (Å²) in [7, 11) is 4.08. The Bertz CT molecular complexity index is 1230. The van der Waals surface area contributed by atoms with E-state index in [-0.39, 0.29) is 0 Å². The van der Waals surface area contributed by atoms with Crippen LogP contribution in [0.15, 0.2) is 30.6 Å². The molecule has 0 atom stereocenters. The standard InChI is InChI=1S/C24H31N7O/c1-17-18(2)30(11-5-10-29-12-14-32-15-13-29)23-21(17)24-26-22(27-31(24)16-25-23)19-6-8-20(9-7-19)28(3)4/h6-9,16H,5,10-15H2,1-4H3. The molecule has 0 spiro atoms. The Morgan fingerprint density at radius 1 is 1.00 bits per heavy atom. The molecule has 0 saturated carbocycles. The molecule has 0 bridgehead atoms. The van der Waals surface area contributed by atoms with Crippen molar-refractivity contribution in [3.05, 3.63) is 41.9 Å². The van der Waals surface area contributed by atoms with Crippen molar-refractivity contribution in [2.45, 2.75) is 26.8 Å². The van der Waals surface area contributed by atoms with Crippen LogP contribution in [0.4, 0.5) is 5.69 Å². The van der Waals surface area contributed by atoms with Crippen molar-refractivity contribution in [1.29, 1.82) is 0 Å². The van der Waals surface area contributed by atoms with E-state index >= 15 is 0 Å². The number of fused-ring (bicyclic) bond motifs is 3. The summed E-state index contributed by atoms with van der Waals surface area (Å²) < 4.78 is 9.61. The molecule has 1 aliphatic heterocycles. The number of hydrogen-bond donors (Lipinski definition) is 0. The van der Waals surface area contributed by atoms with Crippen molar-refractivity contribution < 1.29 is 4.74 Å². The van der Waals surface area contributed by atoms with Crippen LogP contribution in [0.3, 0.4) is 0 Å². The molecule has 8 heteroatoms. The number of nitrogens with zero attached hydrogens (tertiary/aromatic N) is 7. The van der Waals surface area contributed by atoms with Crippen LogP contribution in [0.25, 0.3) is 28.1 Å². The molecule has 4 aromatic rings. The number of aromatic nitrogens is 5. The monoisotopic (exact) mass is 433 g/mol. The maximum absolute atomic E-state index is 5.46. The zero-order valence-electron chi connectivity index (χ0n) is 19.4. The van der Waals surface area contributed by atoms with Crippen molar-refractivity contribution in [3.8, 4) is 11.4 Å². The highest BCUT2D eigenvalue weighted by molar-refractivity contribution is 5.94. The molecule has 4 heterocycles. The molecule has 1 aromatic carbocycles. The average molecular weight is 434 g/mol. The first-order valence-corrected chi connectivity index (χ1v) is 11.3. The molecule has 0 amide bonds. The van der Waals surface area contributed by atoms with E-state index in [1.807, 2.05) is 18.6 Å². The Hall–Kier alpha value is -2.97. The van der Waals surface area contributed by atoms with Crippen molar-refractivity contribution in [2.75, 3.05) is 51.8 Å². The predicted octanol–water partition coefficient (Wildman–Crippen LogP) is 3.15. The number of hydrogen-bond acceptors (Lipinski definition) is 6. The number of aryl methyl sites for hydroxylation is 2. The minimum absolute atomic E-state index is 0.724. The number of benzene rings is 1. The van der Waals surface area contributed by atoms with E-state index in [4.69, 9.17) is 19.8 Å². The van der Waals surface area contributed by atoms with E-state index in [0.717, 1.165) is 79.6 Å². The van der Waals surface area contributed by atoms with Crippen LogP contribution in [-0.2, 0) is 11.3 Å². The average Bonchev–Trinajstić information content (AvgIpc) is 3.35. The quantitative estimate of drug-likeness (QED) is 0.466. The third-order valence-electron chi connectivity index (χ3n) is 6.55. The first-order valence-electron chi connectivity index (χ1n) is 11.3. The lowest BCUT2D eigenvalue weighted by Gasteiger charge is -2.26. The summed E-state index contributed by atoms with van der Waals surface area (Å²) in [5.74, 6) is 0.724. The normalized spacial score (nSPS) is 15.1. The molecule has 0 aliphatic carbocycles. The lowest BCUT2D eigenvalue weighted by molar-refractivity contribution is 0.0369. The molecule has 5 rings (SSSR count). The fourth-order valence-corrected chi connectivity index (χ4v) is 4.51. The second kappa shape index (κ2) is 8.52. The number of ether oxygens (including phenoxy) is 1. The van der Waals surface area contributed by atoms with E-state index in [1.165, 1.54) is 11.3 Å². The van der Waals surface area contributed by atoms with Crippen molar-refractivity contribution >= 4 is 22.4 Å². The lowest BCUT2D eigenvalue weighted by Crippen LogP contribution is -2.37. The summed E-state index contributed by atoms with van der Waals surface area (Å²) in [6.45, 7) is 10.1. The van der Waals surface area contributed by atoms with Gasteiger partial charge in [0, 0.05) is 57.2 Å². The fourth-order valence-electron chi connectivity index (χ4n) is 4.51. The maximum Gasteiger partial charge on any atom is 0.182 e. The van der Waals surface area contributed by atoms with Gasteiger partial charge in [-0.1, -0.05) is 0 Å². The first kappa shape index (κ1) is 20.9. The zero-order chi connectivity index (χ0) is 22.2. The molecule has 3 aromatic heterocycles. The van der Waals surface area contributed by atoms with Gasteiger partial charge in [-0.25, -0.2) is 14.5 Å². The number of rotatable bonds is 6. The molecular formula is C24H31N7O. The van der Waals surface area contributed by atoms with Crippen molar-refractivity contribution in [3.63, 3.8) is 0 Å². The highest BCUT2D eigenvalue weighted by Gasteiger charge is 2.19. The number of anilines is 1. The molecule has 8 nitrogen and oxygen atoms in total. The summed E-state index contributed by atoms with van der Waals surface area (Å²) in [6, 6.07) is 8.33. The largest absolute Gasteiger partial charge is 0.379 e. The van der Waals surface area contributed by atoms with E-state index in [1.54, 1.807) is 6.33 Å². The minimum Gasteiger partial charge on any atom is -0.379 e. The van der Waals surface area contributed by atoms with Gasteiger partial charge in [0.1, 0.15) is 12.0 Å². The molecule has 0 radical (unpaired) electrons. The predicted molar refractivity (Wildman–Crippen MR) is 127 cm³/mol. The van der Waals surface area contributed by atoms with E-state index in [0.29, 0.717) is 0 Å². The van der Waals surface area contributed by atoms with Gasteiger partial charge in [-0.3, -0.25) is 4.90 Å². The highest BCUT2D eigenvalue weighted by Crippen LogP contribution is 2.29. The van der Waals surface area contributed by atoms with Gasteiger partial charge in [-0.15, -0.1) is 5.10 Å². The Labute approximate surface area is 188 Å². The van der Waals surface area contributed by atoms with Gasteiger partial charge < -0.3 is 14.2 Å². The summed E-state index contributed by atoms with van der Waals surface area (Å²) in [6.07, 6.45) is 2.88. The summed E-state index contributed by atoms with van der Waals surface area (Å²) in [5.41, 5.74) is 6.51. The van der Waals surface area contributed by atoms with Gasteiger partial charge in [0.15, 0.2) is 11.5 Å². The van der Waals surface area contributed by atoms with Gasteiger partial charge in [0.25, 0.3) is 0 Å². The Morgan fingerprint density at radius 3 is 2.47 bits per heavy atom. The maximum atomic E-state index is 5.46. The Balaban J connectivity index is 1.46. The summed E-state index contributed by atoms with van der Waals surface area (Å²) in [4.78, 5) is 14.3. The van der Waals surface area contributed by atoms with Gasteiger partial charge in [-0.2, -0.15) is 0 Å². The second-order valence-corrected chi connectivity index (χ2v) is 8.76. The lowest BCUT2D eigenvalue weighted by atomic mass is 10.2. The molecule has 0 unspecified atom stereocenters. The summed E-state index contributed by atoms with van der Waals surface area (Å²) in [5, 5.41) is 5.81. The van der Waals surface area contributed by atoms with Crippen LogP contribution in [0.2, 0.25) is 0 Å². The molecule has 1 aliphatic rings. The van der Waals surface area contributed by atoms with Crippen molar-refractivity contribution in [1.82, 2.24) is 29.0 Å². The smallest absolute Gasteiger partial charge is 0.182 e. The molecule has 1 saturated heterocycles. The van der Waals surface area contributed by atoms with E-state index in [9.17, 15) is 0 Å². The summed E-state index contributed by atoms with van der Waals surface area (Å²) >= 11 is 0. The minimum atomic E-state index is 0.724.